The first kappa shape index (κ1) is 64.0. The van der Waals surface area contributed by atoms with Crippen molar-refractivity contribution in [2.45, 2.75) is 238 Å². The summed E-state index contributed by atoms with van der Waals surface area (Å²) in [6, 6.07) is 0. The third-order valence-electron chi connectivity index (χ3n) is 11.4. The first-order valence-corrected chi connectivity index (χ1v) is 27.7. The van der Waals surface area contributed by atoms with Gasteiger partial charge in [0.25, 0.3) is 0 Å². The summed E-state index contributed by atoms with van der Waals surface area (Å²) in [6.07, 6.45) is 85.6. The van der Waals surface area contributed by atoms with Crippen LogP contribution in [0.2, 0.25) is 0 Å². The fourth-order valence-electron chi connectivity index (χ4n) is 7.29. The lowest BCUT2D eigenvalue weighted by Gasteiger charge is -2.15. The Morgan fingerprint density at radius 3 is 1.00 bits per heavy atom. The zero-order valence-corrected chi connectivity index (χ0v) is 43.8. The molecule has 68 heavy (non-hydrogen) atoms. The molecule has 0 aliphatic carbocycles. The lowest BCUT2D eigenvalue weighted by Crippen LogP contribution is -2.28. The van der Waals surface area contributed by atoms with Crippen molar-refractivity contribution in [3.8, 4) is 0 Å². The van der Waals surface area contributed by atoms with Crippen molar-refractivity contribution >= 4 is 11.9 Å². The van der Waals surface area contributed by atoms with Crippen molar-refractivity contribution in [2.75, 3.05) is 13.2 Å². The van der Waals surface area contributed by atoms with Gasteiger partial charge in [-0.2, -0.15) is 0 Å². The maximum absolute atomic E-state index is 12.3. The summed E-state index contributed by atoms with van der Waals surface area (Å²) < 4.78 is 10.7. The summed E-state index contributed by atoms with van der Waals surface area (Å²) in [4.78, 5) is 24.5. The molecule has 0 saturated heterocycles. The molecule has 0 aromatic heterocycles. The molecule has 0 bridgehead atoms. The molecule has 0 radical (unpaired) electrons. The van der Waals surface area contributed by atoms with Crippen molar-refractivity contribution in [1.29, 1.82) is 0 Å². The van der Waals surface area contributed by atoms with Crippen LogP contribution >= 0.6 is 0 Å². The fraction of sp³-hybridized carbons (Fsp3) is 0.619. The van der Waals surface area contributed by atoms with E-state index in [-0.39, 0.29) is 31.6 Å². The van der Waals surface area contributed by atoms with E-state index in [1.807, 2.05) is 0 Å². The molecule has 0 rings (SSSR count). The van der Waals surface area contributed by atoms with E-state index in [2.05, 4.69) is 148 Å². The second-order valence-electron chi connectivity index (χ2n) is 17.9. The first-order chi connectivity index (χ1) is 33.6. The van der Waals surface area contributed by atoms with Gasteiger partial charge in [0.05, 0.1) is 6.61 Å². The van der Waals surface area contributed by atoms with Gasteiger partial charge in [-0.1, -0.05) is 244 Å². The Hall–Kier alpha value is -3.96. The van der Waals surface area contributed by atoms with Crippen molar-refractivity contribution in [3.05, 3.63) is 134 Å². The summed E-state index contributed by atoms with van der Waals surface area (Å²) in [5.41, 5.74) is 0. The lowest BCUT2D eigenvalue weighted by molar-refractivity contribution is -0.161. The summed E-state index contributed by atoms with van der Waals surface area (Å²) in [5, 5.41) is 9.64. The molecule has 1 atom stereocenters. The van der Waals surface area contributed by atoms with E-state index >= 15 is 0 Å². The third-order valence-corrected chi connectivity index (χ3v) is 11.4. The minimum absolute atomic E-state index is 0.0974. The Morgan fingerprint density at radius 2 is 0.647 bits per heavy atom. The number of carbonyl (C=O) groups is 2. The zero-order valence-electron chi connectivity index (χ0n) is 43.8. The molecule has 1 unspecified atom stereocenters. The highest BCUT2D eigenvalue weighted by atomic mass is 16.6. The van der Waals surface area contributed by atoms with Crippen molar-refractivity contribution < 1.29 is 24.2 Å². The van der Waals surface area contributed by atoms with Crippen molar-refractivity contribution in [2.24, 2.45) is 0 Å². The van der Waals surface area contributed by atoms with E-state index in [4.69, 9.17) is 9.47 Å². The highest BCUT2D eigenvalue weighted by molar-refractivity contribution is 5.70. The Bertz CT molecular complexity index is 1430. The molecule has 0 fully saturated rings. The van der Waals surface area contributed by atoms with Gasteiger partial charge in [-0.3, -0.25) is 9.59 Å². The van der Waals surface area contributed by atoms with Crippen LogP contribution < -0.4 is 0 Å². The number of allylic oxidation sites excluding steroid dienone is 22. The summed E-state index contributed by atoms with van der Waals surface area (Å²) >= 11 is 0. The predicted molar refractivity (Wildman–Crippen MR) is 297 cm³/mol. The van der Waals surface area contributed by atoms with E-state index in [1.165, 1.54) is 109 Å². The molecule has 5 nitrogen and oxygen atoms in total. The highest BCUT2D eigenvalue weighted by Crippen LogP contribution is 2.14. The lowest BCUT2D eigenvalue weighted by atomic mass is 10.0. The number of carbonyl (C=O) groups excluding carboxylic acids is 2. The van der Waals surface area contributed by atoms with Gasteiger partial charge in [-0.25, -0.2) is 0 Å². The van der Waals surface area contributed by atoms with Gasteiger partial charge >= 0.3 is 11.9 Å². The Balaban J connectivity index is 3.65. The molecule has 384 valence electrons. The van der Waals surface area contributed by atoms with Crippen molar-refractivity contribution in [3.63, 3.8) is 0 Å². The van der Waals surface area contributed by atoms with Crippen LogP contribution in [0.25, 0.3) is 0 Å². The number of unbranched alkanes of at least 4 members (excludes halogenated alkanes) is 19. The fourth-order valence-corrected chi connectivity index (χ4v) is 7.29. The smallest absolute Gasteiger partial charge is 0.306 e. The second-order valence-corrected chi connectivity index (χ2v) is 17.9. The van der Waals surface area contributed by atoms with Gasteiger partial charge in [0.1, 0.15) is 6.61 Å². The van der Waals surface area contributed by atoms with Crippen molar-refractivity contribution in [1.82, 2.24) is 0 Å². The third kappa shape index (κ3) is 54.6. The number of esters is 2. The SMILES string of the molecule is CC/C=C\C/C=C\C/C=C\C/C=C\C/C=C\C/C=C\C/C=C\C/C=C\C/C=C\CCCC(=O)OC(CO)COC(=O)CCCCCCCCCCCCCCC/C=C\C/C=C\CCCCCCC. The number of hydrogen-bond donors (Lipinski definition) is 1. The Kier molecular flexibility index (Phi) is 54.0. The predicted octanol–water partition coefficient (Wildman–Crippen LogP) is 18.9. The van der Waals surface area contributed by atoms with E-state index in [1.54, 1.807) is 0 Å². The molecule has 0 aliphatic rings. The molecular weight excluding hydrogens is 837 g/mol. The quantitative estimate of drug-likeness (QED) is 0.0374. The summed E-state index contributed by atoms with van der Waals surface area (Å²) in [5.74, 6) is -0.667. The highest BCUT2D eigenvalue weighted by Gasteiger charge is 2.16. The van der Waals surface area contributed by atoms with Crippen LogP contribution in [0.15, 0.2) is 134 Å². The minimum atomic E-state index is -0.814. The monoisotopic (exact) mass is 939 g/mol. The van der Waals surface area contributed by atoms with Gasteiger partial charge in [0, 0.05) is 12.8 Å². The number of ether oxygens (including phenoxy) is 2. The molecule has 0 aliphatic heterocycles. The van der Waals surface area contributed by atoms with Gasteiger partial charge in [-0.05, 0) is 109 Å². The summed E-state index contributed by atoms with van der Waals surface area (Å²) in [7, 11) is 0. The van der Waals surface area contributed by atoms with E-state index in [9.17, 15) is 14.7 Å². The topological polar surface area (TPSA) is 72.8 Å². The molecule has 0 spiro atoms. The molecule has 0 saturated carbocycles. The van der Waals surface area contributed by atoms with Crippen LogP contribution in [0, 0.1) is 0 Å². The second kappa shape index (κ2) is 57.4. The number of rotatable bonds is 49. The van der Waals surface area contributed by atoms with E-state index < -0.39 is 6.10 Å². The molecular formula is C63H102O5. The number of hydrogen-bond acceptors (Lipinski definition) is 5. The van der Waals surface area contributed by atoms with Crippen LogP contribution in [0.3, 0.4) is 0 Å². The molecule has 1 N–H and O–H groups in total. The van der Waals surface area contributed by atoms with Crippen LogP contribution in [0.5, 0.6) is 0 Å². The van der Waals surface area contributed by atoms with Gasteiger partial charge in [0.2, 0.25) is 0 Å². The Morgan fingerprint density at radius 1 is 0.353 bits per heavy atom. The van der Waals surface area contributed by atoms with Gasteiger partial charge < -0.3 is 14.6 Å². The van der Waals surface area contributed by atoms with Gasteiger partial charge in [0.15, 0.2) is 6.10 Å². The van der Waals surface area contributed by atoms with Crippen LogP contribution in [-0.2, 0) is 19.1 Å². The van der Waals surface area contributed by atoms with Gasteiger partial charge in [-0.15, -0.1) is 0 Å². The zero-order chi connectivity index (χ0) is 49.2. The minimum Gasteiger partial charge on any atom is -0.462 e. The maximum atomic E-state index is 12.3. The average Bonchev–Trinajstić information content (AvgIpc) is 3.34. The van der Waals surface area contributed by atoms with Crippen LogP contribution in [-0.4, -0.2) is 36.4 Å². The number of aliphatic hydroxyl groups is 1. The number of aliphatic hydroxyl groups excluding tert-OH is 1. The molecule has 0 amide bonds. The standard InChI is InChI=1S/C63H102O5/c1-3-5-7-9-11-13-15-17-19-21-23-25-27-29-30-31-32-34-36-38-40-42-44-46-48-50-52-54-56-58-63(66)68-61(59-64)60-67-62(65)57-55-53-51-49-47-45-43-41-39-37-35-33-28-26-24-22-20-18-16-14-12-10-8-6-4-2/h5,7,11,13,16-19,22-25,29-30,32,34,38,40,44,46,50,52,61,64H,3-4,6,8-10,12,14-15,20-21,26-28,31,33,35-37,39,41-43,45,47-49,51,53-60H2,1-2H3/b7-5-,13-11-,18-16-,19-17-,24-22-,25-23-,30-29-,34-32-,40-38-,46-44-,52-50-. The molecule has 0 heterocycles. The Labute approximate surface area is 419 Å². The maximum Gasteiger partial charge on any atom is 0.306 e. The molecule has 5 heteroatoms. The largest absolute Gasteiger partial charge is 0.462 e. The normalized spacial score (nSPS) is 13.3. The van der Waals surface area contributed by atoms with Crippen LogP contribution in [0.4, 0.5) is 0 Å². The summed E-state index contributed by atoms with van der Waals surface area (Å²) in [6.45, 7) is 3.97. The average molecular weight is 940 g/mol. The first-order valence-electron chi connectivity index (χ1n) is 27.7. The molecule has 0 aromatic carbocycles. The van der Waals surface area contributed by atoms with E-state index in [0.29, 0.717) is 12.8 Å². The van der Waals surface area contributed by atoms with E-state index in [0.717, 1.165) is 89.9 Å². The molecule has 0 aromatic rings. The van der Waals surface area contributed by atoms with Crippen LogP contribution in [0.1, 0.15) is 232 Å².